The van der Waals surface area contributed by atoms with Crippen LogP contribution in [0.1, 0.15) is 33.1 Å². The van der Waals surface area contributed by atoms with Crippen LogP contribution in [0.5, 0.6) is 0 Å². The quantitative estimate of drug-likeness (QED) is 0.587. The van der Waals surface area contributed by atoms with Crippen LogP contribution in [0, 0.1) is 0 Å². The zero-order valence-corrected chi connectivity index (χ0v) is 11.4. The van der Waals surface area contributed by atoms with Crippen molar-refractivity contribution in [3.63, 3.8) is 0 Å². The Balaban J connectivity index is 2.51. The molecule has 1 aliphatic heterocycles. The molecule has 4 nitrogen and oxygen atoms in total. The van der Waals surface area contributed by atoms with Crippen LogP contribution in [0.25, 0.3) is 0 Å². The van der Waals surface area contributed by atoms with Gasteiger partial charge in [0.05, 0.1) is 17.4 Å². The number of ether oxygens (including phenoxy) is 1. The van der Waals surface area contributed by atoms with Crippen LogP contribution in [-0.4, -0.2) is 38.3 Å². The van der Waals surface area contributed by atoms with Gasteiger partial charge in [-0.15, -0.1) is 11.6 Å². The molecule has 0 saturated carbocycles. The van der Waals surface area contributed by atoms with Crippen molar-refractivity contribution in [3.05, 3.63) is 0 Å². The monoisotopic (exact) mass is 269 g/mol. The standard InChI is InChI=1S/C10H20ClNO3S/c1-9-10(2,5-7-15-9)12-16(13,14)8-4-3-6-11/h9,12H,3-8H2,1-2H3. The lowest BCUT2D eigenvalue weighted by Crippen LogP contribution is -2.51. The molecule has 2 unspecified atom stereocenters. The van der Waals surface area contributed by atoms with E-state index in [2.05, 4.69) is 4.72 Å². The molecule has 6 heteroatoms. The summed E-state index contributed by atoms with van der Waals surface area (Å²) < 4.78 is 31.7. The van der Waals surface area contributed by atoms with Crippen LogP contribution < -0.4 is 4.72 Å². The van der Waals surface area contributed by atoms with E-state index < -0.39 is 15.6 Å². The molecule has 0 amide bonds. The lowest BCUT2D eigenvalue weighted by Gasteiger charge is -2.28. The average molecular weight is 270 g/mol. The maximum Gasteiger partial charge on any atom is 0.212 e. The minimum Gasteiger partial charge on any atom is -0.376 e. The first-order chi connectivity index (χ1) is 7.40. The second kappa shape index (κ2) is 5.67. The van der Waals surface area contributed by atoms with Gasteiger partial charge in [0.2, 0.25) is 10.0 Å². The van der Waals surface area contributed by atoms with Crippen molar-refractivity contribution in [2.45, 2.75) is 44.8 Å². The molecule has 0 aromatic carbocycles. The molecule has 0 aliphatic carbocycles. The third-order valence-electron chi connectivity index (χ3n) is 3.07. The molecular weight excluding hydrogens is 250 g/mol. The molecule has 0 bridgehead atoms. The van der Waals surface area contributed by atoms with Crippen LogP contribution >= 0.6 is 11.6 Å². The number of sulfonamides is 1. The minimum atomic E-state index is -3.22. The molecule has 0 aromatic heterocycles. The summed E-state index contributed by atoms with van der Waals surface area (Å²) in [4.78, 5) is 0. The first-order valence-corrected chi connectivity index (χ1v) is 7.77. The van der Waals surface area contributed by atoms with Crippen molar-refractivity contribution >= 4 is 21.6 Å². The van der Waals surface area contributed by atoms with Crippen LogP contribution in [-0.2, 0) is 14.8 Å². The Bertz CT molecular complexity index is 320. The number of hydrogen-bond acceptors (Lipinski definition) is 3. The second-order valence-electron chi connectivity index (χ2n) is 4.50. The number of unbranched alkanes of at least 4 members (excludes halogenated alkanes) is 1. The van der Waals surface area contributed by atoms with Crippen molar-refractivity contribution < 1.29 is 13.2 Å². The summed E-state index contributed by atoms with van der Waals surface area (Å²) in [6, 6.07) is 0. The van der Waals surface area contributed by atoms with E-state index in [1.807, 2.05) is 13.8 Å². The molecule has 1 saturated heterocycles. The smallest absolute Gasteiger partial charge is 0.212 e. The minimum absolute atomic E-state index is 0.0738. The molecule has 1 heterocycles. The maximum absolute atomic E-state index is 11.8. The summed E-state index contributed by atoms with van der Waals surface area (Å²) in [6.45, 7) is 4.40. The van der Waals surface area contributed by atoms with E-state index in [1.54, 1.807) is 0 Å². The Morgan fingerprint density at radius 3 is 2.69 bits per heavy atom. The predicted molar refractivity (Wildman–Crippen MR) is 65.3 cm³/mol. The third kappa shape index (κ3) is 3.87. The molecule has 0 spiro atoms. The first-order valence-electron chi connectivity index (χ1n) is 5.59. The van der Waals surface area contributed by atoms with E-state index in [0.717, 1.165) is 12.8 Å². The number of rotatable bonds is 6. The van der Waals surface area contributed by atoms with E-state index in [1.165, 1.54) is 0 Å². The van der Waals surface area contributed by atoms with Gasteiger partial charge in [-0.25, -0.2) is 13.1 Å². The highest BCUT2D eigenvalue weighted by atomic mass is 35.5. The second-order valence-corrected chi connectivity index (χ2v) is 6.72. The lowest BCUT2D eigenvalue weighted by atomic mass is 9.97. The summed E-state index contributed by atoms with van der Waals surface area (Å²) >= 11 is 5.52. The fourth-order valence-electron chi connectivity index (χ4n) is 1.76. The van der Waals surface area contributed by atoms with Gasteiger partial charge in [0.25, 0.3) is 0 Å². The van der Waals surface area contributed by atoms with Gasteiger partial charge in [0, 0.05) is 12.5 Å². The first kappa shape index (κ1) is 14.2. The van der Waals surface area contributed by atoms with Crippen molar-refractivity contribution in [1.29, 1.82) is 0 Å². The van der Waals surface area contributed by atoms with Crippen molar-refractivity contribution in [1.82, 2.24) is 4.72 Å². The SMILES string of the molecule is CC1OCCC1(C)NS(=O)(=O)CCCCCl. The Labute approximate surface area is 103 Å². The molecule has 2 atom stereocenters. The molecule has 1 N–H and O–H groups in total. The van der Waals surface area contributed by atoms with Gasteiger partial charge in [-0.05, 0) is 33.1 Å². The van der Waals surface area contributed by atoms with Crippen molar-refractivity contribution in [3.8, 4) is 0 Å². The third-order valence-corrected chi connectivity index (χ3v) is 4.94. The molecule has 1 rings (SSSR count). The van der Waals surface area contributed by atoms with Gasteiger partial charge >= 0.3 is 0 Å². The zero-order chi connectivity index (χ0) is 12.2. The number of nitrogens with one attached hydrogen (secondary N) is 1. The van der Waals surface area contributed by atoms with E-state index >= 15 is 0 Å². The van der Waals surface area contributed by atoms with E-state index in [4.69, 9.17) is 16.3 Å². The van der Waals surface area contributed by atoms with E-state index in [0.29, 0.717) is 18.9 Å². The summed E-state index contributed by atoms with van der Waals surface area (Å²) in [5.41, 5.74) is -0.459. The Morgan fingerprint density at radius 1 is 1.50 bits per heavy atom. The van der Waals surface area contributed by atoms with Gasteiger partial charge in [-0.3, -0.25) is 0 Å². The fraction of sp³-hybridized carbons (Fsp3) is 1.00. The molecule has 96 valence electrons. The van der Waals surface area contributed by atoms with Gasteiger partial charge < -0.3 is 4.74 Å². The van der Waals surface area contributed by atoms with Gasteiger partial charge in [-0.1, -0.05) is 0 Å². The maximum atomic E-state index is 11.8. The molecule has 1 fully saturated rings. The van der Waals surface area contributed by atoms with Gasteiger partial charge in [0.1, 0.15) is 0 Å². The highest BCUT2D eigenvalue weighted by Gasteiger charge is 2.39. The normalized spacial score (nSPS) is 30.8. The van der Waals surface area contributed by atoms with E-state index in [-0.39, 0.29) is 11.9 Å². The largest absolute Gasteiger partial charge is 0.376 e. The number of halogens is 1. The Kier molecular flexibility index (Phi) is 5.04. The Morgan fingerprint density at radius 2 is 2.19 bits per heavy atom. The predicted octanol–water partition coefficient (Wildman–Crippen LogP) is 1.49. The number of hydrogen-bond donors (Lipinski definition) is 1. The summed E-state index contributed by atoms with van der Waals surface area (Å²) in [7, 11) is -3.22. The van der Waals surface area contributed by atoms with Crippen molar-refractivity contribution in [2.24, 2.45) is 0 Å². The van der Waals surface area contributed by atoms with Crippen molar-refractivity contribution in [2.75, 3.05) is 18.2 Å². The molecule has 1 aliphatic rings. The van der Waals surface area contributed by atoms with Gasteiger partial charge in [-0.2, -0.15) is 0 Å². The fourth-order valence-corrected chi connectivity index (χ4v) is 3.62. The van der Waals surface area contributed by atoms with Gasteiger partial charge in [0.15, 0.2) is 0 Å². The summed E-state index contributed by atoms with van der Waals surface area (Å²) in [5.74, 6) is 0.647. The summed E-state index contributed by atoms with van der Waals surface area (Å²) in [5, 5.41) is 0. The molecule has 0 aromatic rings. The zero-order valence-electron chi connectivity index (χ0n) is 9.83. The average Bonchev–Trinajstić information content (AvgIpc) is 2.46. The van der Waals surface area contributed by atoms with Crippen LogP contribution in [0.15, 0.2) is 0 Å². The number of alkyl halides is 1. The van der Waals surface area contributed by atoms with E-state index in [9.17, 15) is 8.42 Å². The highest BCUT2D eigenvalue weighted by Crippen LogP contribution is 2.26. The molecular formula is C10H20ClNO3S. The molecule has 16 heavy (non-hydrogen) atoms. The summed E-state index contributed by atoms with van der Waals surface area (Å²) in [6.07, 6.45) is 1.98. The molecule has 0 radical (unpaired) electrons. The van der Waals surface area contributed by atoms with Crippen LogP contribution in [0.2, 0.25) is 0 Å². The lowest BCUT2D eigenvalue weighted by molar-refractivity contribution is 0.0957. The Hall–Kier alpha value is 0.160. The topological polar surface area (TPSA) is 55.4 Å². The van der Waals surface area contributed by atoms with Crippen LogP contribution in [0.4, 0.5) is 0 Å². The van der Waals surface area contributed by atoms with Crippen LogP contribution in [0.3, 0.4) is 0 Å². The highest BCUT2D eigenvalue weighted by molar-refractivity contribution is 7.89.